The zero-order chi connectivity index (χ0) is 14.0. The number of esters is 2. The van der Waals surface area contributed by atoms with Crippen molar-refractivity contribution in [2.24, 2.45) is 11.8 Å². The Morgan fingerprint density at radius 3 is 2.33 bits per heavy atom. The van der Waals surface area contributed by atoms with E-state index in [0.717, 1.165) is 0 Å². The van der Waals surface area contributed by atoms with Gasteiger partial charge in [0.25, 0.3) is 0 Å². The van der Waals surface area contributed by atoms with Crippen LogP contribution in [0.25, 0.3) is 0 Å². The van der Waals surface area contributed by atoms with Crippen LogP contribution in [0.1, 0.15) is 40.0 Å². The number of hydrogen-bond acceptors (Lipinski definition) is 5. The van der Waals surface area contributed by atoms with Gasteiger partial charge in [-0.3, -0.25) is 9.59 Å². The molecule has 1 atom stereocenters. The number of hydrogen-bond donors (Lipinski definition) is 1. The molecule has 0 aliphatic rings. The highest BCUT2D eigenvalue weighted by molar-refractivity contribution is 5.80. The summed E-state index contributed by atoms with van der Waals surface area (Å²) < 4.78 is 9.92. The monoisotopic (exact) mass is 260 g/mol. The third-order valence-electron chi connectivity index (χ3n) is 2.60. The Morgan fingerprint density at radius 1 is 1.17 bits per heavy atom. The van der Waals surface area contributed by atoms with Crippen molar-refractivity contribution in [1.82, 2.24) is 0 Å². The van der Waals surface area contributed by atoms with Gasteiger partial charge in [0.2, 0.25) is 0 Å². The van der Waals surface area contributed by atoms with E-state index in [9.17, 15) is 9.59 Å². The fraction of sp³-hybridized carbons (Fsp3) is 0.846. The molecule has 0 amide bonds. The molecule has 0 saturated heterocycles. The lowest BCUT2D eigenvalue weighted by molar-refractivity contribution is -0.156. The van der Waals surface area contributed by atoms with E-state index in [1.165, 1.54) is 0 Å². The molecule has 0 bridgehead atoms. The number of rotatable bonds is 9. The number of unbranched alkanes of at least 4 members (excludes halogenated alkanes) is 1. The maximum absolute atomic E-state index is 11.8. The quantitative estimate of drug-likeness (QED) is 0.502. The van der Waals surface area contributed by atoms with E-state index in [-0.39, 0.29) is 37.5 Å². The average molecular weight is 260 g/mol. The molecule has 0 radical (unpaired) electrons. The number of carbonyl (C=O) groups excluding carboxylic acids is 2. The van der Waals surface area contributed by atoms with E-state index in [0.29, 0.717) is 19.4 Å². The summed E-state index contributed by atoms with van der Waals surface area (Å²) in [5, 5.41) is 8.61. The van der Waals surface area contributed by atoms with E-state index in [1.54, 1.807) is 6.92 Å². The summed E-state index contributed by atoms with van der Waals surface area (Å²) in [6.45, 7) is 6.17. The Bertz CT molecular complexity index is 250. The van der Waals surface area contributed by atoms with E-state index in [2.05, 4.69) is 0 Å². The van der Waals surface area contributed by atoms with Crippen molar-refractivity contribution in [2.45, 2.75) is 40.0 Å². The van der Waals surface area contributed by atoms with Gasteiger partial charge in [-0.25, -0.2) is 0 Å². The van der Waals surface area contributed by atoms with Gasteiger partial charge in [-0.05, 0) is 25.7 Å². The van der Waals surface area contributed by atoms with E-state index < -0.39 is 5.92 Å². The molecule has 5 nitrogen and oxygen atoms in total. The van der Waals surface area contributed by atoms with Crippen LogP contribution < -0.4 is 0 Å². The molecular formula is C13H24O5. The van der Waals surface area contributed by atoms with Gasteiger partial charge in [-0.1, -0.05) is 13.8 Å². The maximum Gasteiger partial charge on any atom is 0.309 e. The van der Waals surface area contributed by atoms with Gasteiger partial charge in [0.15, 0.2) is 0 Å². The van der Waals surface area contributed by atoms with Gasteiger partial charge >= 0.3 is 11.9 Å². The Kier molecular flexibility index (Phi) is 9.28. The van der Waals surface area contributed by atoms with Gasteiger partial charge in [0, 0.05) is 6.61 Å². The van der Waals surface area contributed by atoms with Gasteiger partial charge < -0.3 is 14.6 Å². The number of aliphatic hydroxyl groups excluding tert-OH is 1. The summed E-state index contributed by atoms with van der Waals surface area (Å²) in [6, 6.07) is 0. The second kappa shape index (κ2) is 9.88. The third kappa shape index (κ3) is 7.27. The summed E-state index contributed by atoms with van der Waals surface area (Å²) in [6.07, 6.45) is 1.30. The molecule has 0 saturated carbocycles. The minimum absolute atomic E-state index is 0.0275. The normalized spacial score (nSPS) is 12.3. The zero-order valence-electron chi connectivity index (χ0n) is 11.5. The highest BCUT2D eigenvalue weighted by Gasteiger charge is 2.27. The standard InChI is InChI=1S/C13H24O5/c1-4-17-12(15)9-11(10(2)3)13(16)18-8-6-5-7-14/h10-11,14H,4-9H2,1-3H3/t11-/m0/s1. The van der Waals surface area contributed by atoms with Crippen LogP contribution in [0.5, 0.6) is 0 Å². The van der Waals surface area contributed by atoms with Crippen LogP contribution in [0.15, 0.2) is 0 Å². The first-order chi connectivity index (χ1) is 8.52. The molecule has 0 unspecified atom stereocenters. The molecule has 106 valence electrons. The predicted octanol–water partition coefficient (Wildman–Crippen LogP) is 1.53. The summed E-state index contributed by atoms with van der Waals surface area (Å²) in [4.78, 5) is 23.2. The van der Waals surface area contributed by atoms with E-state index in [1.807, 2.05) is 13.8 Å². The molecule has 0 spiro atoms. The van der Waals surface area contributed by atoms with Crippen LogP contribution >= 0.6 is 0 Å². The molecule has 0 aliphatic heterocycles. The molecule has 0 aromatic carbocycles. The van der Waals surface area contributed by atoms with E-state index >= 15 is 0 Å². The Morgan fingerprint density at radius 2 is 1.83 bits per heavy atom. The second-order valence-electron chi connectivity index (χ2n) is 4.46. The first-order valence-electron chi connectivity index (χ1n) is 6.46. The van der Waals surface area contributed by atoms with Crippen LogP contribution in [0.4, 0.5) is 0 Å². The van der Waals surface area contributed by atoms with Crippen molar-refractivity contribution in [1.29, 1.82) is 0 Å². The molecule has 0 aliphatic carbocycles. The second-order valence-corrected chi connectivity index (χ2v) is 4.46. The average Bonchev–Trinajstić information content (AvgIpc) is 2.31. The van der Waals surface area contributed by atoms with Crippen molar-refractivity contribution in [3.63, 3.8) is 0 Å². The fourth-order valence-electron chi connectivity index (χ4n) is 1.48. The van der Waals surface area contributed by atoms with Crippen LogP contribution in [0.2, 0.25) is 0 Å². The maximum atomic E-state index is 11.8. The van der Waals surface area contributed by atoms with E-state index in [4.69, 9.17) is 14.6 Å². The minimum atomic E-state index is -0.460. The van der Waals surface area contributed by atoms with Crippen molar-refractivity contribution in [2.75, 3.05) is 19.8 Å². The van der Waals surface area contributed by atoms with Crippen LogP contribution in [-0.4, -0.2) is 36.9 Å². The van der Waals surface area contributed by atoms with Crippen LogP contribution in [0, 0.1) is 11.8 Å². The molecule has 0 aromatic rings. The van der Waals surface area contributed by atoms with Crippen LogP contribution in [0.3, 0.4) is 0 Å². The first kappa shape index (κ1) is 16.9. The Labute approximate surface area is 108 Å². The van der Waals surface area contributed by atoms with Gasteiger partial charge in [0.1, 0.15) is 0 Å². The van der Waals surface area contributed by atoms with Crippen molar-refractivity contribution in [3.8, 4) is 0 Å². The largest absolute Gasteiger partial charge is 0.466 e. The van der Waals surface area contributed by atoms with Crippen molar-refractivity contribution in [3.05, 3.63) is 0 Å². The molecule has 0 aromatic heterocycles. The van der Waals surface area contributed by atoms with Crippen molar-refractivity contribution >= 4 is 11.9 Å². The molecule has 1 N–H and O–H groups in total. The van der Waals surface area contributed by atoms with Gasteiger partial charge in [0.05, 0.1) is 25.6 Å². The highest BCUT2D eigenvalue weighted by atomic mass is 16.5. The number of carbonyl (C=O) groups is 2. The number of aliphatic hydroxyl groups is 1. The topological polar surface area (TPSA) is 72.8 Å². The molecule has 18 heavy (non-hydrogen) atoms. The Hall–Kier alpha value is -1.10. The van der Waals surface area contributed by atoms with Gasteiger partial charge in [-0.2, -0.15) is 0 Å². The third-order valence-corrected chi connectivity index (χ3v) is 2.60. The lowest BCUT2D eigenvalue weighted by Crippen LogP contribution is -2.26. The highest BCUT2D eigenvalue weighted by Crippen LogP contribution is 2.18. The van der Waals surface area contributed by atoms with Crippen molar-refractivity contribution < 1.29 is 24.2 Å². The van der Waals surface area contributed by atoms with Gasteiger partial charge in [-0.15, -0.1) is 0 Å². The molecule has 5 heteroatoms. The fourth-order valence-corrected chi connectivity index (χ4v) is 1.48. The summed E-state index contributed by atoms with van der Waals surface area (Å²) in [5.74, 6) is -1.17. The first-order valence-corrected chi connectivity index (χ1v) is 6.46. The predicted molar refractivity (Wildman–Crippen MR) is 66.9 cm³/mol. The number of ether oxygens (including phenoxy) is 2. The summed E-state index contributed by atoms with van der Waals surface area (Å²) in [7, 11) is 0. The zero-order valence-corrected chi connectivity index (χ0v) is 11.5. The Balaban J connectivity index is 4.15. The lowest BCUT2D eigenvalue weighted by Gasteiger charge is -2.18. The summed E-state index contributed by atoms with van der Waals surface area (Å²) in [5.41, 5.74) is 0. The SMILES string of the molecule is CCOC(=O)C[C@H](C(=O)OCCCCO)C(C)C. The summed E-state index contributed by atoms with van der Waals surface area (Å²) >= 11 is 0. The molecule has 0 rings (SSSR count). The minimum Gasteiger partial charge on any atom is -0.466 e. The smallest absolute Gasteiger partial charge is 0.309 e. The molecule has 0 fully saturated rings. The molecular weight excluding hydrogens is 236 g/mol. The lowest BCUT2D eigenvalue weighted by atomic mass is 9.93. The van der Waals surface area contributed by atoms with Crippen LogP contribution in [-0.2, 0) is 19.1 Å². The molecule has 0 heterocycles.